The molecule has 0 bridgehead atoms. The largest absolute Gasteiger partial charge is 0.508 e. The van der Waals surface area contributed by atoms with Crippen LogP contribution in [0.3, 0.4) is 0 Å². The molecule has 1 aromatic rings. The van der Waals surface area contributed by atoms with E-state index in [4.69, 9.17) is 0 Å². The summed E-state index contributed by atoms with van der Waals surface area (Å²) in [6, 6.07) is 4.93. The highest BCUT2D eigenvalue weighted by molar-refractivity contribution is 5.88. The molecule has 0 fully saturated rings. The van der Waals surface area contributed by atoms with Gasteiger partial charge in [0.05, 0.1) is 0 Å². The van der Waals surface area contributed by atoms with Crippen molar-refractivity contribution in [2.75, 3.05) is 4.90 Å². The molecule has 1 aromatic carbocycles. The summed E-state index contributed by atoms with van der Waals surface area (Å²) in [5.74, 6) is 0.190. The first kappa shape index (κ1) is 15.3. The Labute approximate surface area is 114 Å². The summed E-state index contributed by atoms with van der Waals surface area (Å²) in [4.78, 5) is 12.8. The minimum Gasteiger partial charge on any atom is -0.508 e. The zero-order chi connectivity index (χ0) is 15.0. The number of rotatable bonds is 1. The number of anilines is 1. The molecule has 0 radical (unpaired) electrons. The van der Waals surface area contributed by atoms with Crippen molar-refractivity contribution < 1.29 is 15.0 Å². The number of phenols is 1. The second-order valence-electron chi connectivity index (χ2n) is 6.74. The third-order valence-corrected chi connectivity index (χ3v) is 2.91. The van der Waals surface area contributed by atoms with E-state index >= 15 is 0 Å². The molecule has 1 rings (SSSR count). The van der Waals surface area contributed by atoms with Gasteiger partial charge in [-0.05, 0) is 44.4 Å². The summed E-state index contributed by atoms with van der Waals surface area (Å²) in [5.41, 5.74) is 0.517. The lowest BCUT2D eigenvalue weighted by atomic mass is 9.86. The predicted molar refractivity (Wildman–Crippen MR) is 77.1 cm³/mol. The molecule has 0 aliphatic rings. The topological polar surface area (TPSA) is 60.8 Å². The minimum atomic E-state index is -1.00. The van der Waals surface area contributed by atoms with Crippen LogP contribution in [0.4, 0.5) is 10.5 Å². The monoisotopic (exact) mass is 265 g/mol. The number of aromatic hydroxyl groups is 1. The fourth-order valence-electron chi connectivity index (χ4n) is 2.05. The lowest BCUT2D eigenvalue weighted by Crippen LogP contribution is -2.45. The summed E-state index contributed by atoms with van der Waals surface area (Å²) in [6.45, 7) is 11.5. The lowest BCUT2D eigenvalue weighted by Gasteiger charge is -2.34. The molecule has 0 aliphatic heterocycles. The van der Waals surface area contributed by atoms with Crippen LogP contribution in [-0.4, -0.2) is 21.8 Å². The molecule has 0 aromatic heterocycles. The quantitative estimate of drug-likeness (QED) is 0.807. The van der Waals surface area contributed by atoms with Crippen molar-refractivity contribution in [1.29, 1.82) is 0 Å². The smallest absolute Gasteiger partial charge is 0.412 e. The number of carbonyl (C=O) groups is 1. The van der Waals surface area contributed by atoms with Crippen LogP contribution in [-0.2, 0) is 5.41 Å². The van der Waals surface area contributed by atoms with Gasteiger partial charge in [-0.3, -0.25) is 4.90 Å². The van der Waals surface area contributed by atoms with Gasteiger partial charge < -0.3 is 10.2 Å². The Kier molecular flexibility index (Phi) is 3.84. The van der Waals surface area contributed by atoms with Gasteiger partial charge in [-0.15, -0.1) is 0 Å². The molecule has 4 nitrogen and oxygen atoms in total. The molecule has 19 heavy (non-hydrogen) atoms. The van der Waals surface area contributed by atoms with Crippen LogP contribution in [0.15, 0.2) is 18.2 Å². The third-order valence-electron chi connectivity index (χ3n) is 2.91. The predicted octanol–water partition coefficient (Wildman–Crippen LogP) is 3.97. The van der Waals surface area contributed by atoms with Gasteiger partial charge in [0.1, 0.15) is 5.75 Å². The second-order valence-corrected chi connectivity index (χ2v) is 6.74. The zero-order valence-corrected chi connectivity index (χ0v) is 12.5. The van der Waals surface area contributed by atoms with Crippen LogP contribution in [0, 0.1) is 0 Å². The van der Waals surface area contributed by atoms with Crippen LogP contribution in [0.5, 0.6) is 5.75 Å². The van der Waals surface area contributed by atoms with E-state index in [0.717, 1.165) is 5.56 Å². The Morgan fingerprint density at radius 3 is 2.00 bits per heavy atom. The number of hydrogen-bond donors (Lipinski definition) is 2. The fraction of sp³-hybridized carbons (Fsp3) is 0.533. The molecule has 106 valence electrons. The molecular weight excluding hydrogens is 242 g/mol. The first-order valence-corrected chi connectivity index (χ1v) is 6.31. The number of carboxylic acid groups (broad SMARTS) is 1. The highest BCUT2D eigenvalue weighted by atomic mass is 16.4. The van der Waals surface area contributed by atoms with E-state index in [1.54, 1.807) is 18.2 Å². The van der Waals surface area contributed by atoms with Crippen LogP contribution in [0.1, 0.15) is 47.1 Å². The van der Waals surface area contributed by atoms with E-state index in [-0.39, 0.29) is 11.2 Å². The molecular formula is C15H23NO3. The average molecular weight is 265 g/mol. The Hall–Kier alpha value is -1.71. The number of nitrogens with zero attached hydrogens (tertiary/aromatic N) is 1. The number of amides is 1. The highest BCUT2D eigenvalue weighted by Gasteiger charge is 2.29. The molecule has 0 aliphatic carbocycles. The summed E-state index contributed by atoms with van der Waals surface area (Å²) in [7, 11) is 0. The number of benzene rings is 1. The Bertz CT molecular complexity index is 481. The number of hydrogen-bond acceptors (Lipinski definition) is 2. The minimum absolute atomic E-state index is 0.190. The van der Waals surface area contributed by atoms with Gasteiger partial charge >= 0.3 is 6.09 Å². The van der Waals surface area contributed by atoms with Gasteiger partial charge in [0.2, 0.25) is 0 Å². The van der Waals surface area contributed by atoms with Crippen molar-refractivity contribution in [3.05, 3.63) is 23.8 Å². The maximum atomic E-state index is 11.5. The van der Waals surface area contributed by atoms with E-state index in [2.05, 4.69) is 0 Å². The van der Waals surface area contributed by atoms with Crippen molar-refractivity contribution in [1.82, 2.24) is 0 Å². The standard InChI is InChI=1S/C15H23NO3/c1-14(2,3)11-9-10(7-8-12(11)17)16(13(18)19)15(4,5)6/h7-9,17H,1-6H3,(H,18,19). The van der Waals surface area contributed by atoms with Crippen molar-refractivity contribution >= 4 is 11.8 Å². The second kappa shape index (κ2) is 4.76. The van der Waals surface area contributed by atoms with Crippen molar-refractivity contribution in [3.63, 3.8) is 0 Å². The van der Waals surface area contributed by atoms with Crippen molar-refractivity contribution in [2.24, 2.45) is 0 Å². The molecule has 0 heterocycles. The average Bonchev–Trinajstić information content (AvgIpc) is 2.16. The number of phenolic OH excluding ortho intramolecular Hbond substituents is 1. The molecule has 0 unspecified atom stereocenters. The molecule has 0 spiro atoms. The first-order valence-electron chi connectivity index (χ1n) is 6.31. The summed E-state index contributed by atoms with van der Waals surface area (Å²) in [5, 5.41) is 19.3. The third kappa shape index (κ3) is 3.40. The first-order chi connectivity index (χ1) is 8.44. The fourth-order valence-corrected chi connectivity index (χ4v) is 2.05. The van der Waals surface area contributed by atoms with Gasteiger partial charge in [-0.1, -0.05) is 20.8 Å². The zero-order valence-electron chi connectivity index (χ0n) is 12.5. The van der Waals surface area contributed by atoms with Crippen LogP contribution < -0.4 is 4.90 Å². The van der Waals surface area contributed by atoms with Crippen LogP contribution >= 0.6 is 0 Å². The summed E-state index contributed by atoms with van der Waals surface area (Å²) < 4.78 is 0. The van der Waals surface area contributed by atoms with Crippen molar-refractivity contribution in [2.45, 2.75) is 52.5 Å². The van der Waals surface area contributed by atoms with Crippen LogP contribution in [0.2, 0.25) is 0 Å². The van der Waals surface area contributed by atoms with Gasteiger partial charge in [0, 0.05) is 16.8 Å². The van der Waals surface area contributed by atoms with E-state index in [9.17, 15) is 15.0 Å². The highest BCUT2D eigenvalue weighted by Crippen LogP contribution is 2.35. The van der Waals surface area contributed by atoms with E-state index < -0.39 is 11.6 Å². The molecule has 1 amide bonds. The van der Waals surface area contributed by atoms with E-state index in [0.29, 0.717) is 5.69 Å². The molecule has 0 saturated carbocycles. The molecule has 0 atom stereocenters. The van der Waals surface area contributed by atoms with Gasteiger partial charge in [-0.2, -0.15) is 0 Å². The summed E-state index contributed by atoms with van der Waals surface area (Å²) >= 11 is 0. The normalized spacial score (nSPS) is 12.3. The maximum Gasteiger partial charge on any atom is 0.412 e. The Balaban J connectivity index is 3.39. The van der Waals surface area contributed by atoms with E-state index in [1.807, 2.05) is 41.5 Å². The molecule has 0 saturated heterocycles. The van der Waals surface area contributed by atoms with E-state index in [1.165, 1.54) is 4.90 Å². The molecule has 2 N–H and O–H groups in total. The SMILES string of the molecule is CC(C)(C)c1cc(N(C(=O)O)C(C)(C)C)ccc1O. The lowest BCUT2D eigenvalue weighted by molar-refractivity contribution is 0.195. The van der Waals surface area contributed by atoms with Gasteiger partial charge in [-0.25, -0.2) is 4.79 Å². The Morgan fingerprint density at radius 2 is 1.63 bits per heavy atom. The Morgan fingerprint density at radius 1 is 1.11 bits per heavy atom. The van der Waals surface area contributed by atoms with Gasteiger partial charge in [0.25, 0.3) is 0 Å². The maximum absolute atomic E-state index is 11.5. The molecule has 4 heteroatoms. The van der Waals surface area contributed by atoms with Crippen LogP contribution in [0.25, 0.3) is 0 Å². The van der Waals surface area contributed by atoms with Crippen molar-refractivity contribution in [3.8, 4) is 5.75 Å². The van der Waals surface area contributed by atoms with Gasteiger partial charge in [0.15, 0.2) is 0 Å². The summed E-state index contributed by atoms with van der Waals surface area (Å²) in [6.07, 6.45) is -1.00.